The molecule has 2 heterocycles. The second-order valence-corrected chi connectivity index (χ2v) is 5.64. The number of aliphatic carboxylic acids is 1. The first-order chi connectivity index (χ1) is 8.99. The molecule has 2 aliphatic rings. The molecule has 6 heteroatoms. The molecular formula is C13H22N2O4. The lowest BCUT2D eigenvalue weighted by Crippen LogP contribution is -2.41. The van der Waals surface area contributed by atoms with E-state index in [1.807, 2.05) is 13.8 Å². The summed E-state index contributed by atoms with van der Waals surface area (Å²) in [6, 6.07) is -0.158. The number of rotatable bonds is 3. The van der Waals surface area contributed by atoms with Crippen molar-refractivity contribution >= 4 is 12.0 Å². The summed E-state index contributed by atoms with van der Waals surface area (Å²) in [5.41, 5.74) is 0. The van der Waals surface area contributed by atoms with Crippen molar-refractivity contribution in [1.82, 2.24) is 10.2 Å². The molecule has 2 unspecified atom stereocenters. The number of hydrogen-bond donors (Lipinski definition) is 2. The van der Waals surface area contributed by atoms with Crippen molar-refractivity contribution in [3.05, 3.63) is 0 Å². The van der Waals surface area contributed by atoms with Crippen molar-refractivity contribution in [2.75, 3.05) is 26.2 Å². The molecule has 2 amide bonds. The van der Waals surface area contributed by atoms with Crippen LogP contribution in [0.2, 0.25) is 0 Å². The minimum atomic E-state index is -0.819. The molecule has 2 rings (SSSR count). The number of nitrogens with zero attached hydrogens (tertiary/aromatic N) is 1. The van der Waals surface area contributed by atoms with Gasteiger partial charge in [-0.25, -0.2) is 4.79 Å². The first-order valence-electron chi connectivity index (χ1n) is 6.86. The van der Waals surface area contributed by atoms with Gasteiger partial charge in [0, 0.05) is 32.2 Å². The van der Waals surface area contributed by atoms with Gasteiger partial charge >= 0.3 is 12.0 Å². The van der Waals surface area contributed by atoms with Gasteiger partial charge in [0.25, 0.3) is 0 Å². The Bertz CT molecular complexity index is 361. The molecule has 0 spiro atoms. The zero-order valence-electron chi connectivity index (χ0n) is 11.5. The van der Waals surface area contributed by atoms with Gasteiger partial charge in [-0.1, -0.05) is 6.92 Å². The zero-order chi connectivity index (χ0) is 14.0. The number of carbonyl (C=O) groups is 2. The zero-order valence-corrected chi connectivity index (χ0v) is 11.5. The van der Waals surface area contributed by atoms with Gasteiger partial charge in [-0.2, -0.15) is 0 Å². The molecule has 0 radical (unpaired) electrons. The Hall–Kier alpha value is -1.30. The molecule has 19 heavy (non-hydrogen) atoms. The second-order valence-electron chi connectivity index (χ2n) is 5.64. The minimum Gasteiger partial charge on any atom is -0.481 e. The predicted molar refractivity (Wildman–Crippen MR) is 68.8 cm³/mol. The van der Waals surface area contributed by atoms with Crippen molar-refractivity contribution in [1.29, 1.82) is 0 Å². The average Bonchev–Trinajstić information content (AvgIpc) is 2.92. The van der Waals surface area contributed by atoms with E-state index in [0.717, 1.165) is 13.0 Å². The molecule has 108 valence electrons. The lowest BCUT2D eigenvalue weighted by Gasteiger charge is -2.20. The molecule has 0 aliphatic carbocycles. The molecule has 4 atom stereocenters. The Balaban J connectivity index is 1.79. The number of nitrogens with one attached hydrogen (secondary N) is 1. The first kappa shape index (κ1) is 14.1. The topological polar surface area (TPSA) is 78.9 Å². The number of ether oxygens (including phenoxy) is 1. The first-order valence-corrected chi connectivity index (χ1v) is 6.86. The maximum Gasteiger partial charge on any atom is 0.317 e. The van der Waals surface area contributed by atoms with Crippen LogP contribution < -0.4 is 5.32 Å². The molecule has 0 aromatic carbocycles. The van der Waals surface area contributed by atoms with Crippen LogP contribution >= 0.6 is 0 Å². The van der Waals surface area contributed by atoms with Crippen molar-refractivity contribution in [3.63, 3.8) is 0 Å². The highest BCUT2D eigenvalue weighted by molar-refractivity contribution is 5.77. The fraction of sp³-hybridized carbons (Fsp3) is 0.846. The number of carboxylic acids is 1. The monoisotopic (exact) mass is 270 g/mol. The normalized spacial score (nSPS) is 34.5. The van der Waals surface area contributed by atoms with E-state index < -0.39 is 11.9 Å². The second kappa shape index (κ2) is 5.77. The van der Waals surface area contributed by atoms with Crippen LogP contribution in [0.15, 0.2) is 0 Å². The Labute approximate surface area is 113 Å². The molecule has 2 aliphatic heterocycles. The highest BCUT2D eigenvalue weighted by Gasteiger charge is 2.37. The van der Waals surface area contributed by atoms with Crippen LogP contribution in [-0.4, -0.2) is 54.4 Å². The number of amides is 2. The smallest absolute Gasteiger partial charge is 0.317 e. The van der Waals surface area contributed by atoms with Crippen LogP contribution in [0.3, 0.4) is 0 Å². The molecule has 2 N–H and O–H groups in total. The quantitative estimate of drug-likeness (QED) is 0.794. The molecule has 2 saturated heterocycles. The van der Waals surface area contributed by atoms with Crippen LogP contribution in [-0.2, 0) is 9.53 Å². The van der Waals surface area contributed by atoms with E-state index in [2.05, 4.69) is 5.32 Å². The van der Waals surface area contributed by atoms with Crippen LogP contribution in [0.5, 0.6) is 0 Å². The number of likely N-dealkylation sites (tertiary alicyclic amines) is 1. The van der Waals surface area contributed by atoms with E-state index in [9.17, 15) is 9.59 Å². The average molecular weight is 270 g/mol. The Kier molecular flexibility index (Phi) is 4.29. The summed E-state index contributed by atoms with van der Waals surface area (Å²) in [6.07, 6.45) is 1.15. The van der Waals surface area contributed by atoms with E-state index in [1.165, 1.54) is 0 Å². The summed E-state index contributed by atoms with van der Waals surface area (Å²) in [4.78, 5) is 24.6. The molecular weight excluding hydrogens is 248 g/mol. The number of carbonyl (C=O) groups excluding carboxylic acids is 1. The molecule has 0 saturated carbocycles. The van der Waals surface area contributed by atoms with Crippen molar-refractivity contribution in [2.24, 2.45) is 17.8 Å². The van der Waals surface area contributed by atoms with Crippen LogP contribution in [0.25, 0.3) is 0 Å². The van der Waals surface area contributed by atoms with Gasteiger partial charge in [0.15, 0.2) is 0 Å². The third-order valence-electron chi connectivity index (χ3n) is 4.27. The molecule has 0 aromatic heterocycles. The highest BCUT2D eigenvalue weighted by Crippen LogP contribution is 2.23. The Morgan fingerprint density at radius 2 is 2.11 bits per heavy atom. The summed E-state index contributed by atoms with van der Waals surface area (Å²) < 4.78 is 5.45. The van der Waals surface area contributed by atoms with Crippen LogP contribution in [0.4, 0.5) is 4.79 Å². The summed E-state index contributed by atoms with van der Waals surface area (Å²) in [6.45, 7) is 6.06. The molecule has 2 fully saturated rings. The molecule has 0 aromatic rings. The fourth-order valence-corrected chi connectivity index (χ4v) is 2.83. The Morgan fingerprint density at radius 1 is 1.37 bits per heavy atom. The fourth-order valence-electron chi connectivity index (χ4n) is 2.83. The minimum absolute atomic E-state index is 0.0111. The standard InChI is InChI=1S/C13H22N2O4/c1-8-6-15(7-11(8)12(16)17)13(18)14-5-10-3-4-19-9(10)2/h8-11H,3-7H2,1-2H3,(H,14,18)(H,16,17)/t8-,9?,10?,11-/m1/s1. The van der Waals surface area contributed by atoms with Gasteiger partial charge < -0.3 is 20.1 Å². The summed E-state index contributed by atoms with van der Waals surface area (Å²) in [5.74, 6) is -0.892. The van der Waals surface area contributed by atoms with Gasteiger partial charge in [0.05, 0.1) is 12.0 Å². The van der Waals surface area contributed by atoms with Gasteiger partial charge in [-0.3, -0.25) is 4.79 Å². The van der Waals surface area contributed by atoms with Gasteiger partial charge in [0.1, 0.15) is 0 Å². The van der Waals surface area contributed by atoms with E-state index in [0.29, 0.717) is 25.6 Å². The van der Waals surface area contributed by atoms with E-state index in [-0.39, 0.29) is 18.1 Å². The molecule has 6 nitrogen and oxygen atoms in total. The highest BCUT2D eigenvalue weighted by atomic mass is 16.5. The summed E-state index contributed by atoms with van der Waals surface area (Å²) in [7, 11) is 0. The molecule has 0 bridgehead atoms. The van der Waals surface area contributed by atoms with Crippen LogP contribution in [0, 0.1) is 17.8 Å². The van der Waals surface area contributed by atoms with E-state index in [1.54, 1.807) is 4.90 Å². The van der Waals surface area contributed by atoms with Crippen molar-refractivity contribution in [3.8, 4) is 0 Å². The van der Waals surface area contributed by atoms with Crippen molar-refractivity contribution in [2.45, 2.75) is 26.4 Å². The lowest BCUT2D eigenvalue weighted by molar-refractivity contribution is -0.142. The van der Waals surface area contributed by atoms with E-state index in [4.69, 9.17) is 9.84 Å². The van der Waals surface area contributed by atoms with Crippen molar-refractivity contribution < 1.29 is 19.4 Å². The van der Waals surface area contributed by atoms with E-state index >= 15 is 0 Å². The third kappa shape index (κ3) is 3.18. The number of carboxylic acid groups (broad SMARTS) is 1. The lowest BCUT2D eigenvalue weighted by atomic mass is 9.99. The van der Waals surface area contributed by atoms with Gasteiger partial charge in [0.2, 0.25) is 0 Å². The predicted octanol–water partition coefficient (Wildman–Crippen LogP) is 0.773. The van der Waals surface area contributed by atoms with Gasteiger partial charge in [-0.15, -0.1) is 0 Å². The maximum absolute atomic E-state index is 12.0. The SMILES string of the molecule is CC1OCCC1CNC(=O)N1C[C@@H](C)[C@H](C(=O)O)C1. The third-order valence-corrected chi connectivity index (χ3v) is 4.27. The maximum atomic E-state index is 12.0. The van der Waals surface area contributed by atoms with Gasteiger partial charge in [-0.05, 0) is 19.3 Å². The summed E-state index contributed by atoms with van der Waals surface area (Å²) >= 11 is 0. The number of urea groups is 1. The van der Waals surface area contributed by atoms with Crippen LogP contribution in [0.1, 0.15) is 20.3 Å². The Morgan fingerprint density at radius 3 is 2.63 bits per heavy atom. The number of hydrogen-bond acceptors (Lipinski definition) is 3. The largest absolute Gasteiger partial charge is 0.481 e. The summed E-state index contributed by atoms with van der Waals surface area (Å²) in [5, 5.41) is 11.9.